The maximum Gasteiger partial charge on any atom is 0.273 e. The minimum absolute atomic E-state index is 0.109. The number of carbonyl (C=O) groups excluding carboxylic acids is 1. The number of rotatable bonds is 6. The molecule has 126 valence electrons. The number of nitro benzene ring substituents is 1. The van der Waals surface area contributed by atoms with Crippen molar-refractivity contribution in [3.05, 3.63) is 28.3 Å². The van der Waals surface area contributed by atoms with Crippen molar-refractivity contribution in [3.8, 4) is 11.5 Å². The third-order valence-corrected chi connectivity index (χ3v) is 4.17. The van der Waals surface area contributed by atoms with Crippen molar-refractivity contribution in [1.82, 2.24) is 5.32 Å². The molecule has 1 fully saturated rings. The second-order valence-corrected chi connectivity index (χ2v) is 5.82. The van der Waals surface area contributed by atoms with E-state index in [-0.39, 0.29) is 30.0 Å². The van der Waals surface area contributed by atoms with E-state index < -0.39 is 4.92 Å². The Balaban J connectivity index is 1.95. The van der Waals surface area contributed by atoms with Crippen molar-refractivity contribution < 1.29 is 19.2 Å². The molecule has 7 heteroatoms. The van der Waals surface area contributed by atoms with Crippen LogP contribution in [-0.2, 0) is 4.79 Å². The smallest absolute Gasteiger partial charge is 0.273 e. The maximum absolute atomic E-state index is 12.0. The molecule has 0 radical (unpaired) electrons. The maximum atomic E-state index is 12.0. The molecular weight excluding hydrogens is 300 g/mol. The summed E-state index contributed by atoms with van der Waals surface area (Å²) >= 11 is 0. The normalized spacial score (nSPS) is 20.6. The zero-order valence-electron chi connectivity index (χ0n) is 13.4. The van der Waals surface area contributed by atoms with Crippen LogP contribution in [-0.4, -0.2) is 30.6 Å². The summed E-state index contributed by atoms with van der Waals surface area (Å²) in [5.41, 5.74) is -0.109. The molecular formula is C16H22N2O5. The van der Waals surface area contributed by atoms with Gasteiger partial charge in [-0.05, 0) is 24.8 Å². The molecule has 1 aliphatic carbocycles. The topological polar surface area (TPSA) is 90.7 Å². The highest BCUT2D eigenvalue weighted by molar-refractivity contribution is 5.78. The summed E-state index contributed by atoms with van der Waals surface area (Å²) < 4.78 is 10.5. The fraction of sp³-hybridized carbons (Fsp3) is 0.562. The van der Waals surface area contributed by atoms with E-state index >= 15 is 0 Å². The Kier molecular flexibility index (Phi) is 5.78. The van der Waals surface area contributed by atoms with Crippen molar-refractivity contribution in [3.63, 3.8) is 0 Å². The summed E-state index contributed by atoms with van der Waals surface area (Å²) in [7, 11) is 1.44. The van der Waals surface area contributed by atoms with E-state index in [4.69, 9.17) is 9.47 Å². The molecule has 23 heavy (non-hydrogen) atoms. The predicted octanol–water partition coefficient (Wildman–Crippen LogP) is 2.68. The first-order chi connectivity index (χ1) is 11.0. The van der Waals surface area contributed by atoms with Crippen LogP contribution in [0.3, 0.4) is 0 Å². The van der Waals surface area contributed by atoms with E-state index in [1.54, 1.807) is 0 Å². The molecule has 0 aliphatic heterocycles. The van der Waals surface area contributed by atoms with Crippen molar-refractivity contribution in [2.45, 2.75) is 38.6 Å². The van der Waals surface area contributed by atoms with Crippen molar-refractivity contribution in [2.75, 3.05) is 13.7 Å². The van der Waals surface area contributed by atoms with Crippen LogP contribution in [0.25, 0.3) is 0 Å². The standard InChI is InChI=1S/C16H22N2O5/c1-11-5-3-4-6-13(11)17-16(19)10-23-15-9-12(18(20)21)7-8-14(15)22-2/h7-9,11,13H,3-6,10H2,1-2H3,(H,17,19)/t11-,13-/m0/s1. The summed E-state index contributed by atoms with van der Waals surface area (Å²) in [4.78, 5) is 22.3. The van der Waals surface area contributed by atoms with Crippen LogP contribution in [0.5, 0.6) is 11.5 Å². The number of benzene rings is 1. The molecule has 0 bridgehead atoms. The number of nitrogens with one attached hydrogen (secondary N) is 1. The van der Waals surface area contributed by atoms with Gasteiger partial charge in [0.1, 0.15) is 0 Å². The van der Waals surface area contributed by atoms with Gasteiger partial charge in [0, 0.05) is 12.1 Å². The summed E-state index contributed by atoms with van der Waals surface area (Å²) in [5, 5.41) is 13.8. The monoisotopic (exact) mass is 322 g/mol. The van der Waals surface area contributed by atoms with Gasteiger partial charge in [-0.2, -0.15) is 0 Å². The van der Waals surface area contributed by atoms with Gasteiger partial charge in [-0.25, -0.2) is 0 Å². The average Bonchev–Trinajstić information content (AvgIpc) is 2.54. The molecule has 2 atom stereocenters. The first kappa shape index (κ1) is 17.1. The third-order valence-electron chi connectivity index (χ3n) is 4.17. The number of ether oxygens (including phenoxy) is 2. The first-order valence-corrected chi connectivity index (χ1v) is 7.76. The van der Waals surface area contributed by atoms with E-state index in [0.717, 1.165) is 19.3 Å². The molecule has 1 aromatic rings. The summed E-state index contributed by atoms with van der Waals surface area (Å²) in [6.07, 6.45) is 4.42. The molecule has 1 saturated carbocycles. The van der Waals surface area contributed by atoms with Crippen LogP contribution >= 0.6 is 0 Å². The van der Waals surface area contributed by atoms with Gasteiger partial charge in [0.05, 0.1) is 18.1 Å². The van der Waals surface area contributed by atoms with Gasteiger partial charge in [-0.1, -0.05) is 19.8 Å². The van der Waals surface area contributed by atoms with Gasteiger partial charge < -0.3 is 14.8 Å². The minimum atomic E-state index is -0.518. The molecule has 0 unspecified atom stereocenters. The first-order valence-electron chi connectivity index (χ1n) is 7.76. The average molecular weight is 322 g/mol. The summed E-state index contributed by atoms with van der Waals surface area (Å²) in [5.74, 6) is 0.778. The van der Waals surface area contributed by atoms with Crippen LogP contribution in [0.2, 0.25) is 0 Å². The molecule has 0 aromatic heterocycles. The number of nitro groups is 1. The lowest BCUT2D eigenvalue weighted by atomic mass is 9.86. The molecule has 1 aromatic carbocycles. The number of amides is 1. The van der Waals surface area contributed by atoms with Gasteiger partial charge in [0.25, 0.3) is 11.6 Å². The molecule has 2 rings (SSSR count). The van der Waals surface area contributed by atoms with E-state index in [2.05, 4.69) is 12.2 Å². The fourth-order valence-corrected chi connectivity index (χ4v) is 2.81. The Labute approximate surface area is 135 Å². The van der Waals surface area contributed by atoms with Gasteiger partial charge >= 0.3 is 0 Å². The Morgan fingerprint density at radius 2 is 2.09 bits per heavy atom. The molecule has 0 heterocycles. The lowest BCUT2D eigenvalue weighted by Crippen LogP contribution is -2.43. The molecule has 0 saturated heterocycles. The lowest BCUT2D eigenvalue weighted by Gasteiger charge is -2.29. The van der Waals surface area contributed by atoms with Gasteiger partial charge in [0.2, 0.25) is 0 Å². The Morgan fingerprint density at radius 1 is 1.35 bits per heavy atom. The number of hydrogen-bond donors (Lipinski definition) is 1. The Bertz CT molecular complexity index is 576. The fourth-order valence-electron chi connectivity index (χ4n) is 2.81. The van der Waals surface area contributed by atoms with Gasteiger partial charge in [-0.15, -0.1) is 0 Å². The molecule has 1 amide bonds. The molecule has 7 nitrogen and oxygen atoms in total. The van der Waals surface area contributed by atoms with Crippen LogP contribution in [0.1, 0.15) is 32.6 Å². The zero-order chi connectivity index (χ0) is 16.8. The number of non-ortho nitro benzene ring substituents is 1. The van der Waals surface area contributed by atoms with Gasteiger partial charge in [0.15, 0.2) is 18.1 Å². The van der Waals surface area contributed by atoms with Crippen LogP contribution in [0.15, 0.2) is 18.2 Å². The van der Waals surface area contributed by atoms with Crippen LogP contribution < -0.4 is 14.8 Å². The van der Waals surface area contributed by atoms with E-state index in [0.29, 0.717) is 11.7 Å². The Hall–Kier alpha value is -2.31. The van der Waals surface area contributed by atoms with E-state index in [9.17, 15) is 14.9 Å². The van der Waals surface area contributed by atoms with Crippen molar-refractivity contribution in [2.24, 2.45) is 5.92 Å². The highest BCUT2D eigenvalue weighted by atomic mass is 16.6. The SMILES string of the molecule is COc1ccc([N+](=O)[O-])cc1OCC(=O)N[C@H]1CCCC[C@@H]1C. The summed E-state index contributed by atoms with van der Waals surface area (Å²) in [6.45, 7) is 1.94. The van der Waals surface area contributed by atoms with Crippen molar-refractivity contribution >= 4 is 11.6 Å². The largest absolute Gasteiger partial charge is 0.493 e. The minimum Gasteiger partial charge on any atom is -0.493 e. The number of methoxy groups -OCH3 is 1. The second-order valence-electron chi connectivity index (χ2n) is 5.82. The quantitative estimate of drug-likeness (QED) is 0.642. The lowest BCUT2D eigenvalue weighted by molar-refractivity contribution is -0.385. The second kappa shape index (κ2) is 7.80. The molecule has 1 aliphatic rings. The highest BCUT2D eigenvalue weighted by Gasteiger charge is 2.23. The zero-order valence-corrected chi connectivity index (χ0v) is 13.4. The summed E-state index contributed by atoms with van der Waals surface area (Å²) in [6, 6.07) is 4.21. The van der Waals surface area contributed by atoms with E-state index in [1.807, 2.05) is 0 Å². The molecule has 1 N–H and O–H groups in total. The Morgan fingerprint density at radius 3 is 2.74 bits per heavy atom. The van der Waals surface area contributed by atoms with Crippen molar-refractivity contribution in [1.29, 1.82) is 0 Å². The third kappa shape index (κ3) is 4.58. The predicted molar refractivity (Wildman–Crippen MR) is 84.7 cm³/mol. The number of hydrogen-bond acceptors (Lipinski definition) is 5. The number of nitrogens with zero attached hydrogens (tertiary/aromatic N) is 1. The highest BCUT2D eigenvalue weighted by Crippen LogP contribution is 2.31. The van der Waals surface area contributed by atoms with Gasteiger partial charge in [-0.3, -0.25) is 14.9 Å². The van der Waals surface area contributed by atoms with Crippen LogP contribution in [0, 0.1) is 16.0 Å². The van der Waals surface area contributed by atoms with E-state index in [1.165, 1.54) is 31.7 Å². The molecule has 0 spiro atoms. The number of carbonyl (C=O) groups is 1. The van der Waals surface area contributed by atoms with Crippen LogP contribution in [0.4, 0.5) is 5.69 Å².